The molecule has 1 saturated heterocycles. The van der Waals surface area contributed by atoms with Crippen molar-refractivity contribution in [1.29, 1.82) is 0 Å². The number of benzene rings is 1. The van der Waals surface area contributed by atoms with Crippen LogP contribution in [0.2, 0.25) is 0 Å². The monoisotopic (exact) mass is 493 g/mol. The number of carbonyl (C=O) groups is 1. The molecule has 1 fully saturated rings. The Morgan fingerprint density at radius 1 is 1.06 bits per heavy atom. The molecule has 3 aromatic heterocycles. The van der Waals surface area contributed by atoms with Crippen molar-refractivity contribution >= 4 is 5.78 Å². The Labute approximate surface area is 204 Å². The summed E-state index contributed by atoms with van der Waals surface area (Å²) in [6, 6.07) is 3.71. The molecule has 0 aliphatic carbocycles. The van der Waals surface area contributed by atoms with E-state index in [-0.39, 0.29) is 30.0 Å². The number of rotatable bonds is 5. The molecule has 11 heteroatoms. The van der Waals surface area contributed by atoms with Crippen molar-refractivity contribution in [3.05, 3.63) is 77.3 Å². The van der Waals surface area contributed by atoms with Crippen molar-refractivity contribution in [3.63, 3.8) is 0 Å². The number of aromatic nitrogens is 6. The van der Waals surface area contributed by atoms with Gasteiger partial charge in [-0.15, -0.1) is 0 Å². The first-order chi connectivity index (χ1) is 17.4. The molecule has 2 unspecified atom stereocenters. The topological polar surface area (TPSA) is 81.7 Å². The molecule has 0 radical (unpaired) electrons. The van der Waals surface area contributed by atoms with E-state index in [0.717, 1.165) is 42.7 Å². The first-order valence-electron chi connectivity index (χ1n) is 11.7. The van der Waals surface area contributed by atoms with Crippen LogP contribution in [0.3, 0.4) is 0 Å². The lowest BCUT2D eigenvalue weighted by atomic mass is 9.81. The highest BCUT2D eigenvalue weighted by Gasteiger charge is 2.41. The van der Waals surface area contributed by atoms with Gasteiger partial charge in [0.05, 0.1) is 42.6 Å². The average molecular weight is 493 g/mol. The fraction of sp³-hybridized carbons (Fsp3) is 0.320. The van der Waals surface area contributed by atoms with Gasteiger partial charge in [-0.3, -0.25) is 19.4 Å². The first-order valence-corrected chi connectivity index (χ1v) is 11.7. The van der Waals surface area contributed by atoms with Gasteiger partial charge in [-0.25, -0.2) is 13.2 Å². The molecule has 6 rings (SSSR count). The first kappa shape index (κ1) is 22.6. The molecule has 184 valence electrons. The lowest BCUT2D eigenvalue weighted by molar-refractivity contribution is 0.0562. The van der Waals surface area contributed by atoms with Gasteiger partial charge in [0, 0.05) is 36.0 Å². The van der Waals surface area contributed by atoms with Crippen molar-refractivity contribution in [1.82, 2.24) is 34.7 Å². The van der Waals surface area contributed by atoms with Crippen molar-refractivity contribution < 1.29 is 18.0 Å². The SMILES string of the molecule is Cn1nc2c(c1-c1cc(F)c(F)c(F)c1)CC1CCCC2N1CC(=O)c1cncc(-n2nccn2)c1. The Kier molecular flexibility index (Phi) is 5.44. The van der Waals surface area contributed by atoms with Gasteiger partial charge in [0.15, 0.2) is 23.2 Å². The van der Waals surface area contributed by atoms with E-state index in [0.29, 0.717) is 23.4 Å². The molecule has 0 saturated carbocycles. The predicted octanol–water partition coefficient (Wildman–Crippen LogP) is 3.81. The van der Waals surface area contributed by atoms with Crippen molar-refractivity contribution in [2.75, 3.05) is 6.54 Å². The predicted molar refractivity (Wildman–Crippen MR) is 123 cm³/mol. The quantitative estimate of drug-likeness (QED) is 0.311. The molecular formula is C25H22F3N7O. The van der Waals surface area contributed by atoms with Crippen LogP contribution < -0.4 is 0 Å². The van der Waals surface area contributed by atoms with Gasteiger partial charge in [0.25, 0.3) is 0 Å². The number of nitrogens with zero attached hydrogens (tertiary/aromatic N) is 7. The molecule has 4 aromatic rings. The number of piperidine rings is 1. The average Bonchev–Trinajstić information content (AvgIpc) is 3.51. The number of pyridine rings is 1. The van der Waals surface area contributed by atoms with Gasteiger partial charge in [-0.1, -0.05) is 0 Å². The zero-order valence-corrected chi connectivity index (χ0v) is 19.4. The van der Waals surface area contributed by atoms with E-state index < -0.39 is 17.5 Å². The van der Waals surface area contributed by atoms with Crippen LogP contribution in [0, 0.1) is 17.5 Å². The number of carbonyl (C=O) groups excluding carboxylic acids is 1. The highest BCUT2D eigenvalue weighted by Crippen LogP contribution is 2.44. The maximum atomic E-state index is 14.0. The van der Waals surface area contributed by atoms with Gasteiger partial charge in [-0.2, -0.15) is 20.1 Å². The molecule has 0 N–H and O–H groups in total. The van der Waals surface area contributed by atoms with Crippen LogP contribution in [0.1, 0.15) is 46.9 Å². The van der Waals surface area contributed by atoms with Gasteiger partial charge in [0.2, 0.25) is 0 Å². The standard InChI is InChI=1S/C25H22F3N7O/c1-33-25(14-8-19(26)23(28)20(27)9-14)18-10-16-3-2-4-21(24(18)32-33)34(16)13-22(36)15-7-17(12-29-11-15)35-30-5-6-31-35/h5-9,11-12,16,21H,2-4,10,13H2,1H3. The van der Waals surface area contributed by atoms with Crippen LogP contribution in [0.5, 0.6) is 0 Å². The van der Waals surface area contributed by atoms with E-state index in [4.69, 9.17) is 5.10 Å². The van der Waals surface area contributed by atoms with Crippen LogP contribution in [-0.2, 0) is 13.5 Å². The summed E-state index contributed by atoms with van der Waals surface area (Å²) in [5, 5.41) is 12.9. The number of fused-ring (bicyclic) bond motifs is 4. The van der Waals surface area contributed by atoms with Crippen molar-refractivity contribution in [2.24, 2.45) is 7.05 Å². The summed E-state index contributed by atoms with van der Waals surface area (Å²) in [5.74, 6) is -4.03. The highest BCUT2D eigenvalue weighted by atomic mass is 19.2. The third-order valence-corrected chi connectivity index (χ3v) is 7.09. The molecule has 2 bridgehead atoms. The molecule has 2 atom stereocenters. The summed E-state index contributed by atoms with van der Waals surface area (Å²) in [6.07, 6.45) is 9.51. The van der Waals surface area contributed by atoms with Crippen LogP contribution in [-0.4, -0.2) is 53.0 Å². The minimum absolute atomic E-state index is 0.0715. The van der Waals surface area contributed by atoms with E-state index in [2.05, 4.69) is 20.1 Å². The lowest BCUT2D eigenvalue weighted by Crippen LogP contribution is -2.48. The summed E-state index contributed by atoms with van der Waals surface area (Å²) in [4.78, 5) is 21.1. The Hall–Kier alpha value is -3.86. The fourth-order valence-electron chi connectivity index (χ4n) is 5.53. The molecule has 1 aromatic carbocycles. The maximum absolute atomic E-state index is 14.0. The zero-order valence-electron chi connectivity index (χ0n) is 19.4. The Morgan fingerprint density at radius 2 is 1.81 bits per heavy atom. The largest absolute Gasteiger partial charge is 0.293 e. The molecule has 8 nitrogen and oxygen atoms in total. The van der Waals surface area contributed by atoms with Crippen LogP contribution in [0.15, 0.2) is 43.0 Å². The third-order valence-electron chi connectivity index (χ3n) is 7.09. The summed E-state index contributed by atoms with van der Waals surface area (Å²) < 4.78 is 43.2. The number of halogens is 3. The second-order valence-corrected chi connectivity index (χ2v) is 9.24. The highest BCUT2D eigenvalue weighted by molar-refractivity contribution is 5.97. The Bertz CT molecular complexity index is 1440. The lowest BCUT2D eigenvalue weighted by Gasteiger charge is -2.45. The number of hydrogen-bond donors (Lipinski definition) is 0. The Morgan fingerprint density at radius 3 is 2.56 bits per heavy atom. The van der Waals surface area contributed by atoms with E-state index in [1.807, 2.05) is 0 Å². The summed E-state index contributed by atoms with van der Waals surface area (Å²) in [6.45, 7) is 0.193. The second kappa shape index (κ2) is 8.66. The summed E-state index contributed by atoms with van der Waals surface area (Å²) in [7, 11) is 1.72. The number of hydrogen-bond acceptors (Lipinski definition) is 6. The minimum Gasteiger partial charge on any atom is -0.293 e. The van der Waals surface area contributed by atoms with E-state index in [9.17, 15) is 18.0 Å². The fourth-order valence-corrected chi connectivity index (χ4v) is 5.53. The second-order valence-electron chi connectivity index (χ2n) is 9.24. The normalized spacial score (nSPS) is 19.3. The molecule has 0 spiro atoms. The van der Waals surface area contributed by atoms with Gasteiger partial charge < -0.3 is 0 Å². The van der Waals surface area contributed by atoms with Gasteiger partial charge in [-0.05, 0) is 43.9 Å². The van der Waals surface area contributed by atoms with E-state index in [1.54, 1.807) is 36.4 Å². The number of Topliss-reactive ketones (excluding diaryl/α,β-unsaturated/α-hetero) is 1. The van der Waals surface area contributed by atoms with Gasteiger partial charge >= 0.3 is 0 Å². The summed E-state index contributed by atoms with van der Waals surface area (Å²) in [5.41, 5.74) is 3.59. The molecule has 2 aliphatic heterocycles. The molecule has 36 heavy (non-hydrogen) atoms. The van der Waals surface area contributed by atoms with Gasteiger partial charge in [0.1, 0.15) is 5.69 Å². The van der Waals surface area contributed by atoms with Crippen molar-refractivity contribution in [2.45, 2.75) is 37.8 Å². The molecule has 2 aliphatic rings. The number of aryl methyl sites for hydroxylation is 1. The van der Waals surface area contributed by atoms with Crippen LogP contribution in [0.4, 0.5) is 13.2 Å². The van der Waals surface area contributed by atoms with Crippen LogP contribution in [0.25, 0.3) is 16.9 Å². The Balaban J connectivity index is 1.32. The molecule has 0 amide bonds. The zero-order chi connectivity index (χ0) is 25.0. The smallest absolute Gasteiger partial charge is 0.194 e. The minimum atomic E-state index is -1.49. The molecular weight excluding hydrogens is 471 g/mol. The third kappa shape index (κ3) is 3.70. The summed E-state index contributed by atoms with van der Waals surface area (Å²) >= 11 is 0. The maximum Gasteiger partial charge on any atom is 0.194 e. The molecule has 5 heterocycles. The van der Waals surface area contributed by atoms with E-state index >= 15 is 0 Å². The van der Waals surface area contributed by atoms with E-state index in [1.165, 1.54) is 11.0 Å². The van der Waals surface area contributed by atoms with Crippen LogP contribution >= 0.6 is 0 Å². The number of ketones is 1. The van der Waals surface area contributed by atoms with Crippen molar-refractivity contribution in [3.8, 4) is 16.9 Å².